The molecule has 168 valence electrons. The highest BCUT2D eigenvalue weighted by Crippen LogP contribution is 2.35. The van der Waals surface area contributed by atoms with Crippen LogP contribution in [0.2, 0.25) is 5.02 Å². The minimum Gasteiger partial charge on any atom is -0.489 e. The molecule has 33 heavy (non-hydrogen) atoms. The maximum Gasteiger partial charge on any atom is 0.187 e. The zero-order chi connectivity index (χ0) is 22.8. The molecule has 0 radical (unpaired) electrons. The van der Waals surface area contributed by atoms with E-state index in [1.54, 1.807) is 35.3 Å². The van der Waals surface area contributed by atoms with Crippen LogP contribution in [0.25, 0.3) is 11.5 Å². The summed E-state index contributed by atoms with van der Waals surface area (Å²) in [5.74, 6) is 1.28. The average molecular weight is 484 g/mol. The van der Waals surface area contributed by atoms with Gasteiger partial charge in [-0.05, 0) is 23.8 Å². The molecule has 0 aliphatic carbocycles. The molecule has 1 atom stereocenters. The lowest BCUT2D eigenvalue weighted by Crippen LogP contribution is -2.22. The second-order valence-electron chi connectivity index (χ2n) is 7.43. The molecule has 5 heterocycles. The molecule has 0 bridgehead atoms. The minimum absolute atomic E-state index is 0.139. The Morgan fingerprint density at radius 3 is 2.67 bits per heavy atom. The number of pyridine rings is 2. The van der Waals surface area contributed by atoms with E-state index in [-0.39, 0.29) is 30.6 Å². The van der Waals surface area contributed by atoms with E-state index in [4.69, 9.17) is 16.3 Å². The molecule has 4 aromatic rings. The van der Waals surface area contributed by atoms with Crippen LogP contribution in [-0.4, -0.2) is 55.5 Å². The quantitative estimate of drug-likeness (QED) is 0.406. The topological polar surface area (TPSA) is 126 Å². The van der Waals surface area contributed by atoms with Crippen LogP contribution in [0, 0.1) is 0 Å². The van der Waals surface area contributed by atoms with Gasteiger partial charge in [0.15, 0.2) is 15.7 Å². The van der Waals surface area contributed by atoms with Crippen molar-refractivity contribution in [1.29, 1.82) is 0 Å². The molecule has 0 saturated carbocycles. The number of rotatable bonds is 6. The van der Waals surface area contributed by atoms with E-state index in [9.17, 15) is 8.42 Å². The summed E-state index contributed by atoms with van der Waals surface area (Å²) in [4.78, 5) is 16.7. The number of hydrogen-bond acceptors (Lipinski definition) is 9. The summed E-state index contributed by atoms with van der Waals surface area (Å²) in [5.41, 5.74) is 1.36. The van der Waals surface area contributed by atoms with E-state index in [1.807, 2.05) is 12.1 Å². The van der Waals surface area contributed by atoms with E-state index >= 15 is 0 Å². The van der Waals surface area contributed by atoms with E-state index in [1.165, 1.54) is 12.4 Å². The maximum atomic E-state index is 13.0. The highest BCUT2D eigenvalue weighted by Gasteiger charge is 2.31. The SMILES string of the molecule is O=S(=O)(CCc1ncc(Cl)cn1)Cc1nnc2n1[C@H](c1cccnc1)COc1cccnc1-2. The molecule has 0 unspecified atom stereocenters. The summed E-state index contributed by atoms with van der Waals surface area (Å²) in [7, 11) is -3.55. The third kappa shape index (κ3) is 4.55. The first-order valence-corrected chi connectivity index (χ1v) is 12.3. The maximum absolute atomic E-state index is 13.0. The number of aryl methyl sites for hydroxylation is 1. The molecule has 0 saturated heterocycles. The van der Waals surface area contributed by atoms with Crippen LogP contribution < -0.4 is 4.74 Å². The molecule has 0 fully saturated rings. The number of sulfone groups is 1. The van der Waals surface area contributed by atoms with Crippen molar-refractivity contribution in [1.82, 2.24) is 34.7 Å². The highest BCUT2D eigenvalue weighted by molar-refractivity contribution is 7.90. The number of ether oxygens (including phenoxy) is 1. The fourth-order valence-electron chi connectivity index (χ4n) is 3.63. The molecule has 0 aromatic carbocycles. The first-order chi connectivity index (χ1) is 16.0. The summed E-state index contributed by atoms with van der Waals surface area (Å²) in [6.07, 6.45) is 8.08. The lowest BCUT2D eigenvalue weighted by atomic mass is 10.1. The van der Waals surface area contributed by atoms with Gasteiger partial charge in [0, 0.05) is 37.4 Å². The van der Waals surface area contributed by atoms with Crippen LogP contribution in [0.5, 0.6) is 5.75 Å². The van der Waals surface area contributed by atoms with Crippen LogP contribution in [0.4, 0.5) is 0 Å². The van der Waals surface area contributed by atoms with E-state index < -0.39 is 9.84 Å². The Labute approximate surface area is 194 Å². The first kappa shape index (κ1) is 21.4. The standard InChI is InChI=1S/C21H18ClN7O3S/c22-15-10-25-18(26-11-15)5-8-33(30,31)13-19-27-28-21-20-17(4-2-7-24-20)32-12-16(29(19)21)14-3-1-6-23-9-14/h1-4,6-7,9-11,16H,5,8,12-13H2/t16-/m0/s1. The monoisotopic (exact) mass is 483 g/mol. The van der Waals surface area contributed by atoms with Gasteiger partial charge in [-0.2, -0.15) is 0 Å². The van der Waals surface area contributed by atoms with Gasteiger partial charge in [-0.3, -0.25) is 9.55 Å². The van der Waals surface area contributed by atoms with Gasteiger partial charge in [0.2, 0.25) is 0 Å². The molecular formula is C21H18ClN7O3S. The van der Waals surface area contributed by atoms with Crippen molar-refractivity contribution in [3.63, 3.8) is 0 Å². The molecule has 5 rings (SSSR count). The second-order valence-corrected chi connectivity index (χ2v) is 10.1. The van der Waals surface area contributed by atoms with E-state index in [0.717, 1.165) is 5.56 Å². The molecular weight excluding hydrogens is 466 g/mol. The third-order valence-corrected chi connectivity index (χ3v) is 6.91. The molecule has 0 amide bonds. The fraction of sp³-hybridized carbons (Fsp3) is 0.238. The Morgan fingerprint density at radius 1 is 1.06 bits per heavy atom. The van der Waals surface area contributed by atoms with Gasteiger partial charge in [0.05, 0.1) is 16.8 Å². The van der Waals surface area contributed by atoms with Gasteiger partial charge in [-0.15, -0.1) is 10.2 Å². The summed E-state index contributed by atoms with van der Waals surface area (Å²) in [5, 5.41) is 8.92. The van der Waals surface area contributed by atoms with Gasteiger partial charge in [0.25, 0.3) is 0 Å². The Hall–Kier alpha value is -3.44. The molecule has 1 aliphatic heterocycles. The van der Waals surface area contributed by atoms with Crippen LogP contribution in [0.3, 0.4) is 0 Å². The lowest BCUT2D eigenvalue weighted by molar-refractivity contribution is 0.277. The number of aromatic nitrogens is 7. The summed E-state index contributed by atoms with van der Waals surface area (Å²) in [6, 6.07) is 6.93. The summed E-state index contributed by atoms with van der Waals surface area (Å²) in [6.45, 7) is 0.251. The number of nitrogens with zero attached hydrogens (tertiary/aromatic N) is 7. The lowest BCUT2D eigenvalue weighted by Gasteiger charge is -2.19. The van der Waals surface area contributed by atoms with Crippen molar-refractivity contribution in [3.05, 3.63) is 77.5 Å². The van der Waals surface area contributed by atoms with Crippen molar-refractivity contribution in [2.75, 3.05) is 12.4 Å². The van der Waals surface area contributed by atoms with E-state index in [2.05, 4.69) is 30.1 Å². The van der Waals surface area contributed by atoms with Crippen LogP contribution in [-0.2, 0) is 22.0 Å². The second kappa shape index (κ2) is 8.83. The smallest absolute Gasteiger partial charge is 0.187 e. The van der Waals surface area contributed by atoms with Gasteiger partial charge in [-0.1, -0.05) is 17.7 Å². The summed E-state index contributed by atoms with van der Waals surface area (Å²) >= 11 is 5.80. The first-order valence-electron chi connectivity index (χ1n) is 10.1. The highest BCUT2D eigenvalue weighted by atomic mass is 35.5. The minimum atomic E-state index is -3.55. The van der Waals surface area contributed by atoms with Crippen molar-refractivity contribution < 1.29 is 13.2 Å². The third-order valence-electron chi connectivity index (χ3n) is 5.19. The molecule has 1 aliphatic rings. The van der Waals surface area contributed by atoms with Crippen molar-refractivity contribution in [2.24, 2.45) is 0 Å². The zero-order valence-corrected chi connectivity index (χ0v) is 18.8. The van der Waals surface area contributed by atoms with Gasteiger partial charge in [-0.25, -0.2) is 23.4 Å². The van der Waals surface area contributed by atoms with Crippen LogP contribution in [0.1, 0.15) is 23.3 Å². The number of halogens is 1. The Kier molecular flexibility index (Phi) is 5.73. The Morgan fingerprint density at radius 2 is 1.88 bits per heavy atom. The summed E-state index contributed by atoms with van der Waals surface area (Å²) < 4.78 is 33.7. The molecule has 0 spiro atoms. The van der Waals surface area contributed by atoms with Crippen molar-refractivity contribution in [2.45, 2.75) is 18.2 Å². The van der Waals surface area contributed by atoms with Gasteiger partial charge in [0.1, 0.15) is 35.5 Å². The molecule has 12 heteroatoms. The number of fused-ring (bicyclic) bond motifs is 3. The largest absolute Gasteiger partial charge is 0.489 e. The average Bonchev–Trinajstić information content (AvgIpc) is 3.14. The number of hydrogen-bond donors (Lipinski definition) is 0. The fourth-order valence-corrected chi connectivity index (χ4v) is 4.96. The van der Waals surface area contributed by atoms with Gasteiger partial charge >= 0.3 is 0 Å². The predicted molar refractivity (Wildman–Crippen MR) is 119 cm³/mol. The Bertz CT molecular complexity index is 1380. The zero-order valence-electron chi connectivity index (χ0n) is 17.2. The van der Waals surface area contributed by atoms with Crippen LogP contribution >= 0.6 is 11.6 Å². The molecule has 0 N–H and O–H groups in total. The van der Waals surface area contributed by atoms with E-state index in [0.29, 0.717) is 33.9 Å². The molecule has 4 aromatic heterocycles. The van der Waals surface area contributed by atoms with Crippen LogP contribution in [0.15, 0.2) is 55.2 Å². The van der Waals surface area contributed by atoms with Gasteiger partial charge < -0.3 is 4.74 Å². The predicted octanol–water partition coefficient (Wildman–Crippen LogP) is 2.32. The Balaban J connectivity index is 1.49. The molecule has 10 nitrogen and oxygen atoms in total. The van der Waals surface area contributed by atoms with Crippen molar-refractivity contribution >= 4 is 21.4 Å². The van der Waals surface area contributed by atoms with Crippen molar-refractivity contribution in [3.8, 4) is 17.3 Å². The normalized spacial score (nSPS) is 15.2.